The SMILES string of the molecule is Cc1cc2ccccc2nc1NCCN1CCC(C)CC1. The number of rotatable bonds is 4. The molecule has 1 saturated heterocycles. The topological polar surface area (TPSA) is 28.2 Å². The summed E-state index contributed by atoms with van der Waals surface area (Å²) in [5.74, 6) is 1.93. The zero-order valence-electron chi connectivity index (χ0n) is 13.1. The Morgan fingerprint density at radius 2 is 2.00 bits per heavy atom. The van der Waals surface area contributed by atoms with Gasteiger partial charge in [-0.15, -0.1) is 0 Å². The molecule has 0 unspecified atom stereocenters. The van der Waals surface area contributed by atoms with E-state index in [0.29, 0.717) is 0 Å². The maximum Gasteiger partial charge on any atom is 0.129 e. The van der Waals surface area contributed by atoms with Crippen molar-refractivity contribution in [1.29, 1.82) is 0 Å². The van der Waals surface area contributed by atoms with Crippen LogP contribution in [-0.2, 0) is 0 Å². The Balaban J connectivity index is 1.59. The summed E-state index contributed by atoms with van der Waals surface area (Å²) in [5, 5.41) is 4.72. The Hall–Kier alpha value is -1.61. The number of benzene rings is 1. The van der Waals surface area contributed by atoms with E-state index in [1.165, 1.54) is 36.9 Å². The second kappa shape index (κ2) is 6.44. The normalized spacial score (nSPS) is 17.2. The van der Waals surface area contributed by atoms with Gasteiger partial charge in [0.25, 0.3) is 0 Å². The van der Waals surface area contributed by atoms with E-state index in [1.807, 2.05) is 6.07 Å². The molecule has 1 aromatic carbocycles. The Bertz CT molecular complexity index is 600. The van der Waals surface area contributed by atoms with E-state index >= 15 is 0 Å². The third kappa shape index (κ3) is 3.53. The Morgan fingerprint density at radius 1 is 1.24 bits per heavy atom. The average molecular weight is 283 g/mol. The Kier molecular flexibility index (Phi) is 4.39. The zero-order valence-corrected chi connectivity index (χ0v) is 13.1. The highest BCUT2D eigenvalue weighted by Gasteiger charge is 2.14. The van der Waals surface area contributed by atoms with Crippen molar-refractivity contribution in [3.05, 3.63) is 35.9 Å². The van der Waals surface area contributed by atoms with Gasteiger partial charge in [-0.3, -0.25) is 0 Å². The quantitative estimate of drug-likeness (QED) is 0.927. The van der Waals surface area contributed by atoms with Gasteiger partial charge in [-0.2, -0.15) is 0 Å². The first kappa shape index (κ1) is 14.3. The van der Waals surface area contributed by atoms with Crippen LogP contribution in [0.15, 0.2) is 30.3 Å². The van der Waals surface area contributed by atoms with Crippen molar-refractivity contribution in [1.82, 2.24) is 9.88 Å². The summed E-state index contributed by atoms with van der Waals surface area (Å²) in [7, 11) is 0. The molecule has 1 aromatic heterocycles. The third-order valence-corrected chi connectivity index (χ3v) is 4.51. The first-order valence-electron chi connectivity index (χ1n) is 8.05. The van der Waals surface area contributed by atoms with Crippen molar-refractivity contribution in [2.24, 2.45) is 5.92 Å². The van der Waals surface area contributed by atoms with E-state index in [1.54, 1.807) is 0 Å². The molecule has 3 heteroatoms. The molecule has 0 aliphatic carbocycles. The summed E-state index contributed by atoms with van der Waals surface area (Å²) < 4.78 is 0. The van der Waals surface area contributed by atoms with Crippen molar-refractivity contribution in [2.75, 3.05) is 31.5 Å². The number of aryl methyl sites for hydroxylation is 1. The highest BCUT2D eigenvalue weighted by molar-refractivity contribution is 5.81. The second-order valence-corrected chi connectivity index (χ2v) is 6.30. The van der Waals surface area contributed by atoms with E-state index in [4.69, 9.17) is 4.98 Å². The number of piperidine rings is 1. The zero-order chi connectivity index (χ0) is 14.7. The van der Waals surface area contributed by atoms with Crippen molar-refractivity contribution in [3.8, 4) is 0 Å². The molecule has 21 heavy (non-hydrogen) atoms. The molecule has 0 saturated carbocycles. The third-order valence-electron chi connectivity index (χ3n) is 4.51. The monoisotopic (exact) mass is 283 g/mol. The van der Waals surface area contributed by atoms with Gasteiger partial charge in [-0.25, -0.2) is 4.98 Å². The van der Waals surface area contributed by atoms with Crippen LogP contribution in [0.5, 0.6) is 0 Å². The van der Waals surface area contributed by atoms with Crippen LogP contribution in [0.25, 0.3) is 10.9 Å². The Morgan fingerprint density at radius 3 is 2.81 bits per heavy atom. The van der Waals surface area contributed by atoms with Crippen molar-refractivity contribution >= 4 is 16.7 Å². The van der Waals surface area contributed by atoms with E-state index in [0.717, 1.165) is 30.3 Å². The van der Waals surface area contributed by atoms with E-state index in [9.17, 15) is 0 Å². The largest absolute Gasteiger partial charge is 0.369 e. The Labute approximate surface area is 127 Å². The molecule has 2 aromatic rings. The average Bonchev–Trinajstić information content (AvgIpc) is 2.50. The molecule has 3 nitrogen and oxygen atoms in total. The van der Waals surface area contributed by atoms with Gasteiger partial charge in [0.1, 0.15) is 5.82 Å². The van der Waals surface area contributed by atoms with Crippen LogP contribution in [0.2, 0.25) is 0 Å². The fourth-order valence-electron chi connectivity index (χ4n) is 3.02. The van der Waals surface area contributed by atoms with Gasteiger partial charge in [0.2, 0.25) is 0 Å². The predicted molar refractivity (Wildman–Crippen MR) is 89.8 cm³/mol. The molecule has 1 aliphatic rings. The summed E-state index contributed by atoms with van der Waals surface area (Å²) in [4.78, 5) is 7.30. The molecule has 0 amide bonds. The van der Waals surface area contributed by atoms with Crippen LogP contribution >= 0.6 is 0 Å². The van der Waals surface area contributed by atoms with Gasteiger partial charge >= 0.3 is 0 Å². The molecule has 3 rings (SSSR count). The number of pyridine rings is 1. The van der Waals surface area contributed by atoms with Gasteiger partial charge < -0.3 is 10.2 Å². The minimum Gasteiger partial charge on any atom is -0.369 e. The molecule has 112 valence electrons. The summed E-state index contributed by atoms with van der Waals surface area (Å²) >= 11 is 0. The number of nitrogens with zero attached hydrogens (tertiary/aromatic N) is 2. The van der Waals surface area contributed by atoms with Crippen LogP contribution in [0.1, 0.15) is 25.3 Å². The number of nitrogens with one attached hydrogen (secondary N) is 1. The maximum absolute atomic E-state index is 4.74. The van der Waals surface area contributed by atoms with Crippen LogP contribution in [0.3, 0.4) is 0 Å². The lowest BCUT2D eigenvalue weighted by atomic mass is 9.99. The van der Waals surface area contributed by atoms with Gasteiger partial charge in [-0.05, 0) is 56.5 Å². The summed E-state index contributed by atoms with van der Waals surface area (Å²) in [6.45, 7) is 9.06. The lowest BCUT2D eigenvalue weighted by molar-refractivity contribution is 0.199. The summed E-state index contributed by atoms with van der Waals surface area (Å²) in [6.07, 6.45) is 2.68. The number of hydrogen-bond acceptors (Lipinski definition) is 3. The van der Waals surface area contributed by atoms with Crippen LogP contribution in [-0.4, -0.2) is 36.1 Å². The fraction of sp³-hybridized carbons (Fsp3) is 0.500. The van der Waals surface area contributed by atoms with E-state index in [2.05, 4.69) is 48.3 Å². The second-order valence-electron chi connectivity index (χ2n) is 6.30. The first-order valence-corrected chi connectivity index (χ1v) is 8.05. The van der Waals surface area contributed by atoms with Crippen LogP contribution in [0.4, 0.5) is 5.82 Å². The number of fused-ring (bicyclic) bond motifs is 1. The van der Waals surface area contributed by atoms with E-state index in [-0.39, 0.29) is 0 Å². The van der Waals surface area contributed by atoms with Gasteiger partial charge in [0, 0.05) is 18.5 Å². The first-order chi connectivity index (χ1) is 10.2. The number of para-hydroxylation sites is 1. The number of likely N-dealkylation sites (tertiary alicyclic amines) is 1. The lowest BCUT2D eigenvalue weighted by Crippen LogP contribution is -2.36. The molecule has 1 fully saturated rings. The van der Waals surface area contributed by atoms with Crippen molar-refractivity contribution in [2.45, 2.75) is 26.7 Å². The molecule has 1 aliphatic heterocycles. The molecular formula is C18H25N3. The molecular weight excluding hydrogens is 258 g/mol. The smallest absolute Gasteiger partial charge is 0.129 e. The fourth-order valence-corrected chi connectivity index (χ4v) is 3.02. The predicted octanol–water partition coefficient (Wildman–Crippen LogP) is 3.69. The highest BCUT2D eigenvalue weighted by Crippen LogP contribution is 2.19. The lowest BCUT2D eigenvalue weighted by Gasteiger charge is -2.30. The number of anilines is 1. The molecule has 0 radical (unpaired) electrons. The number of hydrogen-bond donors (Lipinski definition) is 1. The van der Waals surface area contributed by atoms with Crippen molar-refractivity contribution < 1.29 is 0 Å². The molecule has 2 heterocycles. The molecule has 0 spiro atoms. The summed E-state index contributed by atoms with van der Waals surface area (Å²) in [6, 6.07) is 10.5. The van der Waals surface area contributed by atoms with Crippen LogP contribution < -0.4 is 5.32 Å². The van der Waals surface area contributed by atoms with Gasteiger partial charge in [0.15, 0.2) is 0 Å². The van der Waals surface area contributed by atoms with Gasteiger partial charge in [-0.1, -0.05) is 25.1 Å². The minimum absolute atomic E-state index is 0.901. The maximum atomic E-state index is 4.74. The van der Waals surface area contributed by atoms with Crippen molar-refractivity contribution in [3.63, 3.8) is 0 Å². The number of aromatic nitrogens is 1. The minimum atomic E-state index is 0.901. The standard InChI is InChI=1S/C18H25N3/c1-14-7-10-21(11-8-14)12-9-19-18-15(2)13-16-5-3-4-6-17(16)20-18/h3-6,13-14H,7-12H2,1-2H3,(H,19,20). The van der Waals surface area contributed by atoms with Crippen LogP contribution in [0, 0.1) is 12.8 Å². The highest BCUT2D eigenvalue weighted by atomic mass is 15.1. The molecule has 0 atom stereocenters. The molecule has 0 bridgehead atoms. The molecule has 1 N–H and O–H groups in total. The van der Waals surface area contributed by atoms with E-state index < -0.39 is 0 Å². The van der Waals surface area contributed by atoms with Gasteiger partial charge in [0.05, 0.1) is 5.52 Å². The summed E-state index contributed by atoms with van der Waals surface area (Å²) in [5.41, 5.74) is 2.29.